The van der Waals surface area contributed by atoms with Crippen molar-refractivity contribution in [1.82, 2.24) is 10.2 Å². The van der Waals surface area contributed by atoms with Crippen molar-refractivity contribution in [2.24, 2.45) is 0 Å². The summed E-state index contributed by atoms with van der Waals surface area (Å²) in [6, 6.07) is 23.2. The maximum Gasteiger partial charge on any atom is 0.159 e. The standard InChI is InChI=1S/C27H27N3O2/c1-4-24-20-10-6-5-9-18(20)15-16-30(24)27-22-12-8-7-11-21(22)26(28-29-27)23-14-13-19(31-2)17-25(23)32-3/h5-14,17,24H,4,15-16H2,1-3H3. The van der Waals surface area contributed by atoms with E-state index < -0.39 is 0 Å². The third-order valence-corrected chi connectivity index (χ3v) is 6.40. The largest absolute Gasteiger partial charge is 0.497 e. The lowest BCUT2D eigenvalue weighted by Gasteiger charge is -2.38. The van der Waals surface area contributed by atoms with Gasteiger partial charge in [-0.25, -0.2) is 0 Å². The van der Waals surface area contributed by atoms with Gasteiger partial charge in [0.25, 0.3) is 0 Å². The molecule has 2 heterocycles. The van der Waals surface area contributed by atoms with E-state index in [4.69, 9.17) is 19.7 Å². The van der Waals surface area contributed by atoms with Crippen molar-refractivity contribution < 1.29 is 9.47 Å². The van der Waals surface area contributed by atoms with Gasteiger partial charge < -0.3 is 14.4 Å². The summed E-state index contributed by atoms with van der Waals surface area (Å²) >= 11 is 0. The minimum atomic E-state index is 0.291. The fourth-order valence-corrected chi connectivity index (χ4v) is 4.84. The Morgan fingerprint density at radius 3 is 2.47 bits per heavy atom. The predicted octanol–water partition coefficient (Wildman–Crippen LogP) is 5.83. The molecule has 0 saturated heterocycles. The van der Waals surface area contributed by atoms with Gasteiger partial charge in [0.1, 0.15) is 17.2 Å². The second kappa shape index (κ2) is 8.50. The highest BCUT2D eigenvalue weighted by Gasteiger charge is 2.29. The molecule has 32 heavy (non-hydrogen) atoms. The number of anilines is 1. The van der Waals surface area contributed by atoms with Crippen molar-refractivity contribution >= 4 is 16.6 Å². The Kier molecular flexibility index (Phi) is 5.39. The second-order valence-electron chi connectivity index (χ2n) is 8.05. The molecule has 5 nitrogen and oxygen atoms in total. The first-order valence-corrected chi connectivity index (χ1v) is 11.1. The third-order valence-electron chi connectivity index (χ3n) is 6.40. The summed E-state index contributed by atoms with van der Waals surface area (Å²) in [5.41, 5.74) is 4.55. The van der Waals surface area contributed by atoms with Crippen LogP contribution in [0.5, 0.6) is 11.5 Å². The number of hydrogen-bond acceptors (Lipinski definition) is 5. The van der Waals surface area contributed by atoms with Gasteiger partial charge in [-0.15, -0.1) is 10.2 Å². The number of ether oxygens (including phenoxy) is 2. The smallest absolute Gasteiger partial charge is 0.159 e. The number of hydrogen-bond donors (Lipinski definition) is 0. The molecule has 1 aliphatic heterocycles. The fourth-order valence-electron chi connectivity index (χ4n) is 4.84. The minimum absolute atomic E-state index is 0.291. The van der Waals surface area contributed by atoms with Gasteiger partial charge in [-0.2, -0.15) is 0 Å². The topological polar surface area (TPSA) is 47.5 Å². The molecule has 1 atom stereocenters. The number of aromatic nitrogens is 2. The molecule has 1 aromatic heterocycles. The van der Waals surface area contributed by atoms with Crippen LogP contribution in [0.4, 0.5) is 5.82 Å². The molecule has 5 heteroatoms. The van der Waals surface area contributed by atoms with E-state index in [1.807, 2.05) is 18.2 Å². The Labute approximate surface area is 188 Å². The van der Waals surface area contributed by atoms with E-state index in [-0.39, 0.29) is 0 Å². The molecule has 0 spiro atoms. The van der Waals surface area contributed by atoms with E-state index >= 15 is 0 Å². The Balaban J connectivity index is 1.66. The highest BCUT2D eigenvalue weighted by Crippen LogP contribution is 2.41. The van der Waals surface area contributed by atoms with Gasteiger partial charge in [0.05, 0.1) is 20.3 Å². The number of nitrogens with zero attached hydrogens (tertiary/aromatic N) is 3. The molecule has 0 radical (unpaired) electrons. The van der Waals surface area contributed by atoms with Crippen LogP contribution < -0.4 is 14.4 Å². The molecule has 0 N–H and O–H groups in total. The summed E-state index contributed by atoms with van der Waals surface area (Å²) in [7, 11) is 3.32. The monoisotopic (exact) mass is 425 g/mol. The first-order chi connectivity index (χ1) is 15.7. The van der Waals surface area contributed by atoms with Crippen LogP contribution in [0.3, 0.4) is 0 Å². The van der Waals surface area contributed by atoms with Gasteiger partial charge in [0.2, 0.25) is 0 Å². The van der Waals surface area contributed by atoms with Gasteiger partial charge in [0.15, 0.2) is 5.82 Å². The third kappa shape index (κ3) is 3.34. The Bertz CT molecular complexity index is 1270. The van der Waals surface area contributed by atoms with E-state index in [0.29, 0.717) is 6.04 Å². The van der Waals surface area contributed by atoms with Crippen molar-refractivity contribution in [3.8, 4) is 22.8 Å². The van der Waals surface area contributed by atoms with Gasteiger partial charge in [-0.3, -0.25) is 0 Å². The van der Waals surface area contributed by atoms with Crippen LogP contribution >= 0.6 is 0 Å². The Hall–Kier alpha value is -3.60. The zero-order valence-electron chi connectivity index (χ0n) is 18.7. The molecular formula is C27H27N3O2. The van der Waals surface area contributed by atoms with Crippen molar-refractivity contribution in [2.45, 2.75) is 25.8 Å². The fraction of sp³-hybridized carbons (Fsp3) is 0.259. The maximum atomic E-state index is 5.65. The van der Waals surface area contributed by atoms with Crippen molar-refractivity contribution in [3.63, 3.8) is 0 Å². The summed E-state index contributed by atoms with van der Waals surface area (Å²) in [4.78, 5) is 2.42. The minimum Gasteiger partial charge on any atom is -0.497 e. The van der Waals surface area contributed by atoms with E-state index in [1.165, 1.54) is 11.1 Å². The van der Waals surface area contributed by atoms with Crippen molar-refractivity contribution in [2.75, 3.05) is 25.7 Å². The lowest BCUT2D eigenvalue weighted by Crippen LogP contribution is -2.36. The molecule has 5 rings (SSSR count). The lowest BCUT2D eigenvalue weighted by molar-refractivity contribution is 0.395. The molecule has 0 saturated carbocycles. The summed E-state index contributed by atoms with van der Waals surface area (Å²) in [5, 5.41) is 11.7. The van der Waals surface area contributed by atoms with Crippen LogP contribution in [0.25, 0.3) is 22.0 Å². The highest BCUT2D eigenvalue weighted by molar-refractivity contribution is 6.01. The van der Waals surface area contributed by atoms with Crippen molar-refractivity contribution in [3.05, 3.63) is 77.9 Å². The second-order valence-corrected chi connectivity index (χ2v) is 8.05. The number of methoxy groups -OCH3 is 2. The Morgan fingerprint density at radius 2 is 1.69 bits per heavy atom. The van der Waals surface area contributed by atoms with E-state index in [0.717, 1.165) is 58.7 Å². The quantitative estimate of drug-likeness (QED) is 0.403. The van der Waals surface area contributed by atoms with Crippen LogP contribution in [0.15, 0.2) is 66.7 Å². The summed E-state index contributed by atoms with van der Waals surface area (Å²) in [6.45, 7) is 3.17. The zero-order valence-corrected chi connectivity index (χ0v) is 18.7. The van der Waals surface area contributed by atoms with Gasteiger partial charge >= 0.3 is 0 Å². The van der Waals surface area contributed by atoms with E-state index in [1.54, 1.807) is 14.2 Å². The SMILES string of the molecule is CCC1c2ccccc2CCN1c1nnc(-c2ccc(OC)cc2OC)c2ccccc12. The predicted molar refractivity (Wildman–Crippen MR) is 129 cm³/mol. The maximum absolute atomic E-state index is 5.65. The summed E-state index contributed by atoms with van der Waals surface area (Å²) in [5.74, 6) is 2.41. The average Bonchev–Trinajstić information content (AvgIpc) is 2.87. The summed E-state index contributed by atoms with van der Waals surface area (Å²) in [6.07, 6.45) is 2.03. The van der Waals surface area contributed by atoms with E-state index in [2.05, 4.69) is 60.4 Å². The normalized spacial score (nSPS) is 15.5. The first-order valence-electron chi connectivity index (χ1n) is 11.1. The number of benzene rings is 3. The van der Waals surface area contributed by atoms with Gasteiger partial charge in [0, 0.05) is 28.9 Å². The molecule has 0 fully saturated rings. The van der Waals surface area contributed by atoms with Crippen LogP contribution in [0.1, 0.15) is 30.5 Å². The first kappa shape index (κ1) is 20.3. The van der Waals surface area contributed by atoms with Crippen LogP contribution in [-0.4, -0.2) is 31.0 Å². The van der Waals surface area contributed by atoms with Gasteiger partial charge in [-0.05, 0) is 36.1 Å². The lowest BCUT2D eigenvalue weighted by atomic mass is 9.90. The van der Waals surface area contributed by atoms with Crippen molar-refractivity contribution in [1.29, 1.82) is 0 Å². The molecule has 162 valence electrons. The molecule has 1 aliphatic rings. The zero-order chi connectivity index (χ0) is 22.1. The highest BCUT2D eigenvalue weighted by atomic mass is 16.5. The molecule has 0 amide bonds. The van der Waals surface area contributed by atoms with Crippen LogP contribution in [0, 0.1) is 0 Å². The molecule has 3 aromatic carbocycles. The van der Waals surface area contributed by atoms with E-state index in [9.17, 15) is 0 Å². The molecule has 0 bridgehead atoms. The molecule has 0 aliphatic carbocycles. The average molecular weight is 426 g/mol. The Morgan fingerprint density at radius 1 is 0.906 bits per heavy atom. The number of fused-ring (bicyclic) bond motifs is 2. The molecule has 4 aromatic rings. The molecular weight excluding hydrogens is 398 g/mol. The number of rotatable bonds is 5. The summed E-state index contributed by atoms with van der Waals surface area (Å²) < 4.78 is 11.0. The van der Waals surface area contributed by atoms with Crippen LogP contribution in [-0.2, 0) is 6.42 Å². The molecule has 1 unspecified atom stereocenters. The van der Waals surface area contributed by atoms with Gasteiger partial charge in [-0.1, -0.05) is 55.5 Å². The van der Waals surface area contributed by atoms with Crippen LogP contribution in [0.2, 0.25) is 0 Å².